The van der Waals surface area contributed by atoms with Crippen LogP contribution in [0.25, 0.3) is 10.9 Å². The molecular weight excluding hydrogens is 264 g/mol. The van der Waals surface area contributed by atoms with Crippen LogP contribution in [0.5, 0.6) is 5.75 Å². The number of anilines is 1. The second-order valence-electron chi connectivity index (χ2n) is 4.88. The molecule has 0 spiro atoms. The van der Waals surface area contributed by atoms with Crippen molar-refractivity contribution in [1.82, 2.24) is 4.98 Å². The zero-order valence-corrected chi connectivity index (χ0v) is 11.9. The highest BCUT2D eigenvalue weighted by Gasteiger charge is 2.11. The predicted octanol–water partition coefficient (Wildman–Crippen LogP) is 3.74. The van der Waals surface area contributed by atoms with Gasteiger partial charge in [0.2, 0.25) is 0 Å². The molecule has 106 valence electrons. The number of hydrogen-bond donors (Lipinski definition) is 2. The van der Waals surface area contributed by atoms with Gasteiger partial charge < -0.3 is 15.0 Å². The number of benzene rings is 2. The minimum absolute atomic E-state index is 0.121. The first-order chi connectivity index (χ1) is 10.2. The van der Waals surface area contributed by atoms with E-state index in [9.17, 15) is 4.79 Å². The van der Waals surface area contributed by atoms with Gasteiger partial charge in [-0.2, -0.15) is 0 Å². The summed E-state index contributed by atoms with van der Waals surface area (Å²) < 4.78 is 5.22. The van der Waals surface area contributed by atoms with Crippen molar-refractivity contribution in [1.29, 1.82) is 0 Å². The van der Waals surface area contributed by atoms with Gasteiger partial charge in [0.15, 0.2) is 0 Å². The minimum atomic E-state index is -0.121. The maximum Gasteiger partial charge on any atom is 0.256 e. The summed E-state index contributed by atoms with van der Waals surface area (Å²) in [6, 6.07) is 13.1. The third kappa shape index (κ3) is 2.48. The lowest BCUT2D eigenvalue weighted by molar-refractivity contribution is 0.102. The first kappa shape index (κ1) is 13.2. The summed E-state index contributed by atoms with van der Waals surface area (Å²) >= 11 is 0. The number of H-pyrrole nitrogens is 1. The number of carbonyl (C=O) groups is 1. The van der Waals surface area contributed by atoms with E-state index in [4.69, 9.17) is 4.74 Å². The smallest absolute Gasteiger partial charge is 0.256 e. The van der Waals surface area contributed by atoms with Crippen LogP contribution in [0.4, 0.5) is 5.69 Å². The maximum absolute atomic E-state index is 12.4. The number of aromatic amines is 1. The second-order valence-corrected chi connectivity index (χ2v) is 4.88. The number of methoxy groups -OCH3 is 1. The van der Waals surface area contributed by atoms with E-state index in [1.54, 1.807) is 7.11 Å². The van der Waals surface area contributed by atoms with Gasteiger partial charge in [-0.25, -0.2) is 0 Å². The third-order valence-electron chi connectivity index (χ3n) is 3.49. The molecule has 4 nitrogen and oxygen atoms in total. The summed E-state index contributed by atoms with van der Waals surface area (Å²) in [5.74, 6) is 0.686. The molecule has 0 aliphatic carbocycles. The molecule has 2 aromatic carbocycles. The molecule has 0 atom stereocenters. The van der Waals surface area contributed by atoms with Crippen LogP contribution in [0.1, 0.15) is 15.9 Å². The SMILES string of the molecule is COc1ccc(NC(=O)c2cccc3[nH]ccc23)cc1C. The second kappa shape index (κ2) is 5.32. The summed E-state index contributed by atoms with van der Waals surface area (Å²) in [4.78, 5) is 15.5. The minimum Gasteiger partial charge on any atom is -0.496 e. The van der Waals surface area contributed by atoms with E-state index in [-0.39, 0.29) is 5.91 Å². The first-order valence-corrected chi connectivity index (χ1v) is 6.71. The average Bonchev–Trinajstić information content (AvgIpc) is 2.95. The summed E-state index contributed by atoms with van der Waals surface area (Å²) in [5.41, 5.74) is 3.34. The molecule has 2 N–H and O–H groups in total. The van der Waals surface area contributed by atoms with Crippen molar-refractivity contribution in [3.8, 4) is 5.75 Å². The molecule has 0 saturated carbocycles. The van der Waals surface area contributed by atoms with Gasteiger partial charge in [0.1, 0.15) is 5.75 Å². The van der Waals surface area contributed by atoms with E-state index < -0.39 is 0 Å². The van der Waals surface area contributed by atoms with Crippen molar-refractivity contribution in [2.75, 3.05) is 12.4 Å². The van der Waals surface area contributed by atoms with Crippen LogP contribution in [-0.4, -0.2) is 18.0 Å². The lowest BCUT2D eigenvalue weighted by Gasteiger charge is -2.09. The quantitative estimate of drug-likeness (QED) is 0.768. The fraction of sp³-hybridized carbons (Fsp3) is 0.118. The number of rotatable bonds is 3. The van der Waals surface area contributed by atoms with Gasteiger partial charge in [0, 0.05) is 28.4 Å². The van der Waals surface area contributed by atoms with Gasteiger partial charge in [0.05, 0.1) is 7.11 Å². The lowest BCUT2D eigenvalue weighted by Crippen LogP contribution is -2.12. The van der Waals surface area contributed by atoms with E-state index in [0.717, 1.165) is 27.9 Å². The maximum atomic E-state index is 12.4. The number of aryl methyl sites for hydroxylation is 1. The molecule has 1 heterocycles. The van der Waals surface area contributed by atoms with Gasteiger partial charge in [-0.05, 0) is 48.9 Å². The molecule has 0 bridgehead atoms. The Kier molecular flexibility index (Phi) is 3.36. The summed E-state index contributed by atoms with van der Waals surface area (Å²) in [6.07, 6.45) is 1.83. The summed E-state index contributed by atoms with van der Waals surface area (Å²) in [5, 5.41) is 3.84. The molecule has 1 aromatic heterocycles. The lowest BCUT2D eigenvalue weighted by atomic mass is 10.1. The average molecular weight is 280 g/mol. The normalized spacial score (nSPS) is 10.6. The molecule has 0 saturated heterocycles. The van der Waals surface area contributed by atoms with Crippen molar-refractivity contribution in [3.63, 3.8) is 0 Å². The van der Waals surface area contributed by atoms with Crippen LogP contribution in [0.15, 0.2) is 48.7 Å². The van der Waals surface area contributed by atoms with E-state index >= 15 is 0 Å². The van der Waals surface area contributed by atoms with Crippen LogP contribution in [-0.2, 0) is 0 Å². The van der Waals surface area contributed by atoms with Crippen LogP contribution < -0.4 is 10.1 Å². The Hall–Kier alpha value is -2.75. The monoisotopic (exact) mass is 280 g/mol. The van der Waals surface area contributed by atoms with E-state index in [2.05, 4.69) is 10.3 Å². The molecule has 0 aliphatic rings. The molecule has 0 aliphatic heterocycles. The molecule has 0 radical (unpaired) electrons. The predicted molar refractivity (Wildman–Crippen MR) is 84.0 cm³/mol. The number of ether oxygens (including phenoxy) is 1. The van der Waals surface area contributed by atoms with Gasteiger partial charge in [-0.1, -0.05) is 6.07 Å². The number of nitrogens with one attached hydrogen (secondary N) is 2. The summed E-state index contributed by atoms with van der Waals surface area (Å²) in [6.45, 7) is 1.95. The molecule has 3 rings (SSSR count). The van der Waals surface area contributed by atoms with Gasteiger partial charge in [0.25, 0.3) is 5.91 Å². The molecular formula is C17H16N2O2. The molecule has 21 heavy (non-hydrogen) atoms. The van der Waals surface area contributed by atoms with Gasteiger partial charge in [-0.15, -0.1) is 0 Å². The Morgan fingerprint density at radius 2 is 2.05 bits per heavy atom. The highest BCUT2D eigenvalue weighted by atomic mass is 16.5. The molecule has 0 fully saturated rings. The number of carbonyl (C=O) groups excluding carboxylic acids is 1. The number of amides is 1. The fourth-order valence-corrected chi connectivity index (χ4v) is 2.44. The van der Waals surface area contributed by atoms with Gasteiger partial charge in [-0.3, -0.25) is 4.79 Å². The molecule has 1 amide bonds. The van der Waals surface area contributed by atoms with E-state index in [0.29, 0.717) is 5.56 Å². The Labute approximate surface area is 122 Å². The standard InChI is InChI=1S/C17H16N2O2/c1-11-10-12(6-7-16(11)21-2)19-17(20)14-4-3-5-15-13(14)8-9-18-15/h3-10,18H,1-2H3,(H,19,20). The van der Waals surface area contributed by atoms with Crippen molar-refractivity contribution < 1.29 is 9.53 Å². The first-order valence-electron chi connectivity index (χ1n) is 6.71. The molecule has 3 aromatic rings. The Morgan fingerprint density at radius 1 is 1.19 bits per heavy atom. The van der Waals surface area contributed by atoms with Crippen LogP contribution in [0.2, 0.25) is 0 Å². The zero-order chi connectivity index (χ0) is 14.8. The van der Waals surface area contributed by atoms with Gasteiger partial charge >= 0.3 is 0 Å². The molecule has 4 heteroatoms. The van der Waals surface area contributed by atoms with Crippen molar-refractivity contribution in [2.24, 2.45) is 0 Å². The van der Waals surface area contributed by atoms with Crippen LogP contribution >= 0.6 is 0 Å². The van der Waals surface area contributed by atoms with Crippen molar-refractivity contribution in [2.45, 2.75) is 6.92 Å². The van der Waals surface area contributed by atoms with E-state index in [1.807, 2.05) is 55.6 Å². The number of fused-ring (bicyclic) bond motifs is 1. The number of aromatic nitrogens is 1. The van der Waals surface area contributed by atoms with Crippen LogP contribution in [0, 0.1) is 6.92 Å². The topological polar surface area (TPSA) is 54.1 Å². The Morgan fingerprint density at radius 3 is 2.81 bits per heavy atom. The van der Waals surface area contributed by atoms with Crippen molar-refractivity contribution in [3.05, 3.63) is 59.8 Å². The summed E-state index contributed by atoms with van der Waals surface area (Å²) in [7, 11) is 1.63. The highest BCUT2D eigenvalue weighted by Crippen LogP contribution is 2.23. The van der Waals surface area contributed by atoms with Crippen molar-refractivity contribution >= 4 is 22.5 Å². The van der Waals surface area contributed by atoms with E-state index in [1.165, 1.54) is 0 Å². The van der Waals surface area contributed by atoms with Crippen LogP contribution in [0.3, 0.4) is 0 Å². The zero-order valence-electron chi connectivity index (χ0n) is 11.9. The highest BCUT2D eigenvalue weighted by molar-refractivity contribution is 6.12. The Balaban J connectivity index is 1.89. The third-order valence-corrected chi connectivity index (χ3v) is 3.49. The fourth-order valence-electron chi connectivity index (χ4n) is 2.44. The largest absolute Gasteiger partial charge is 0.496 e. The molecule has 0 unspecified atom stereocenters. The Bertz CT molecular complexity index is 805. The number of hydrogen-bond acceptors (Lipinski definition) is 2.